The van der Waals surface area contributed by atoms with Crippen molar-refractivity contribution >= 4 is 16.7 Å². The smallest absolute Gasteiger partial charge is 0.181 e. The molecule has 0 unspecified atom stereocenters. The van der Waals surface area contributed by atoms with E-state index in [1.807, 2.05) is 17.8 Å². The van der Waals surface area contributed by atoms with E-state index < -0.39 is 0 Å². The van der Waals surface area contributed by atoms with Crippen LogP contribution in [0.5, 0.6) is 0 Å². The first kappa shape index (κ1) is 9.63. The normalized spacial score (nSPS) is 17.3. The average Bonchev–Trinajstić information content (AvgIpc) is 2.83. The van der Waals surface area contributed by atoms with Crippen LogP contribution in [0, 0.1) is 0 Å². The SMILES string of the molecule is Cn1nc2ncc(N)cc2c1C1CCCC1. The Morgan fingerprint density at radius 2 is 2.12 bits per heavy atom. The third-order valence-corrected chi connectivity index (χ3v) is 3.50. The molecule has 0 spiro atoms. The van der Waals surface area contributed by atoms with Crippen LogP contribution in [-0.4, -0.2) is 14.8 Å². The first-order valence-corrected chi connectivity index (χ1v) is 5.84. The van der Waals surface area contributed by atoms with Gasteiger partial charge < -0.3 is 5.73 Å². The summed E-state index contributed by atoms with van der Waals surface area (Å²) < 4.78 is 1.98. The van der Waals surface area contributed by atoms with E-state index in [-0.39, 0.29) is 0 Å². The lowest BCUT2D eigenvalue weighted by atomic mass is 10.0. The standard InChI is InChI=1S/C12H16N4/c1-16-11(8-4-2-3-5-8)10-6-9(13)7-14-12(10)15-16/h6-8H,2-5,13H2,1H3. The molecule has 0 atom stereocenters. The molecule has 1 saturated carbocycles. The third kappa shape index (κ3) is 1.37. The van der Waals surface area contributed by atoms with E-state index in [4.69, 9.17) is 5.73 Å². The summed E-state index contributed by atoms with van der Waals surface area (Å²) in [7, 11) is 2.01. The van der Waals surface area contributed by atoms with E-state index in [2.05, 4.69) is 10.1 Å². The van der Waals surface area contributed by atoms with Gasteiger partial charge >= 0.3 is 0 Å². The van der Waals surface area contributed by atoms with Gasteiger partial charge in [0.25, 0.3) is 0 Å². The maximum absolute atomic E-state index is 5.80. The lowest BCUT2D eigenvalue weighted by molar-refractivity contribution is 0.623. The van der Waals surface area contributed by atoms with Crippen LogP contribution in [0.4, 0.5) is 5.69 Å². The number of hydrogen-bond acceptors (Lipinski definition) is 3. The van der Waals surface area contributed by atoms with Crippen molar-refractivity contribution in [1.29, 1.82) is 0 Å². The van der Waals surface area contributed by atoms with Gasteiger partial charge in [-0.3, -0.25) is 4.68 Å². The minimum absolute atomic E-state index is 0.638. The summed E-state index contributed by atoms with van der Waals surface area (Å²) in [5.74, 6) is 0.638. The molecule has 1 aliphatic carbocycles. The van der Waals surface area contributed by atoms with Gasteiger partial charge in [0.05, 0.1) is 17.6 Å². The van der Waals surface area contributed by atoms with Crippen LogP contribution >= 0.6 is 0 Å². The number of nitrogen functional groups attached to an aromatic ring is 1. The van der Waals surface area contributed by atoms with Crippen LogP contribution in [0.25, 0.3) is 11.0 Å². The molecule has 2 aromatic rings. The number of hydrogen-bond donors (Lipinski definition) is 1. The first-order valence-electron chi connectivity index (χ1n) is 5.84. The molecule has 0 saturated heterocycles. The number of nitrogens with zero attached hydrogens (tertiary/aromatic N) is 3. The van der Waals surface area contributed by atoms with Gasteiger partial charge in [-0.2, -0.15) is 5.10 Å². The molecule has 0 amide bonds. The van der Waals surface area contributed by atoms with Crippen molar-refractivity contribution < 1.29 is 0 Å². The number of pyridine rings is 1. The highest BCUT2D eigenvalue weighted by atomic mass is 15.3. The zero-order valence-electron chi connectivity index (χ0n) is 9.48. The molecule has 0 aliphatic heterocycles. The molecule has 4 heteroatoms. The highest BCUT2D eigenvalue weighted by Gasteiger charge is 2.23. The minimum atomic E-state index is 0.638. The molecule has 4 nitrogen and oxygen atoms in total. The van der Waals surface area contributed by atoms with Crippen molar-refractivity contribution in [2.24, 2.45) is 7.05 Å². The molecular formula is C12H16N4. The molecule has 3 rings (SSSR count). The van der Waals surface area contributed by atoms with Crippen molar-refractivity contribution in [3.05, 3.63) is 18.0 Å². The summed E-state index contributed by atoms with van der Waals surface area (Å²) >= 11 is 0. The number of fused-ring (bicyclic) bond motifs is 1. The maximum atomic E-state index is 5.80. The Morgan fingerprint density at radius 1 is 1.38 bits per heavy atom. The molecule has 0 aromatic carbocycles. The molecule has 2 aromatic heterocycles. The Balaban J connectivity index is 2.20. The fraction of sp³-hybridized carbons (Fsp3) is 0.500. The van der Waals surface area contributed by atoms with E-state index >= 15 is 0 Å². The molecule has 1 aliphatic rings. The van der Waals surface area contributed by atoms with Crippen molar-refractivity contribution in [3.8, 4) is 0 Å². The fourth-order valence-electron chi connectivity index (χ4n) is 2.80. The van der Waals surface area contributed by atoms with Crippen LogP contribution in [0.3, 0.4) is 0 Å². The van der Waals surface area contributed by atoms with Gasteiger partial charge in [-0.15, -0.1) is 0 Å². The van der Waals surface area contributed by atoms with E-state index in [0.29, 0.717) is 5.92 Å². The van der Waals surface area contributed by atoms with E-state index in [9.17, 15) is 0 Å². The molecule has 0 bridgehead atoms. The quantitative estimate of drug-likeness (QED) is 0.795. The monoisotopic (exact) mass is 216 g/mol. The first-order chi connectivity index (χ1) is 7.75. The topological polar surface area (TPSA) is 56.7 Å². The molecule has 0 radical (unpaired) electrons. The number of anilines is 1. The summed E-state index contributed by atoms with van der Waals surface area (Å²) in [5.41, 5.74) is 8.65. The lowest BCUT2D eigenvalue weighted by Gasteiger charge is -2.09. The van der Waals surface area contributed by atoms with Crippen molar-refractivity contribution in [2.45, 2.75) is 31.6 Å². The van der Waals surface area contributed by atoms with Crippen LogP contribution in [-0.2, 0) is 7.05 Å². The second-order valence-electron chi connectivity index (χ2n) is 4.63. The summed E-state index contributed by atoms with van der Waals surface area (Å²) in [5, 5.41) is 5.58. The van der Waals surface area contributed by atoms with Gasteiger partial charge in [0.2, 0.25) is 0 Å². The van der Waals surface area contributed by atoms with Gasteiger partial charge in [-0.25, -0.2) is 4.98 Å². The van der Waals surface area contributed by atoms with E-state index in [1.165, 1.54) is 31.4 Å². The number of aryl methyl sites for hydroxylation is 1. The van der Waals surface area contributed by atoms with Gasteiger partial charge in [0.1, 0.15) is 0 Å². The maximum Gasteiger partial charge on any atom is 0.181 e. The fourth-order valence-corrected chi connectivity index (χ4v) is 2.80. The molecule has 2 N–H and O–H groups in total. The van der Waals surface area contributed by atoms with E-state index in [0.717, 1.165) is 16.7 Å². The van der Waals surface area contributed by atoms with Crippen molar-refractivity contribution in [3.63, 3.8) is 0 Å². The van der Waals surface area contributed by atoms with E-state index in [1.54, 1.807) is 6.20 Å². The van der Waals surface area contributed by atoms with Gasteiger partial charge in [0, 0.05) is 18.4 Å². The third-order valence-electron chi connectivity index (χ3n) is 3.50. The zero-order chi connectivity index (χ0) is 11.1. The summed E-state index contributed by atoms with van der Waals surface area (Å²) in [6.45, 7) is 0. The number of aromatic nitrogens is 3. The minimum Gasteiger partial charge on any atom is -0.397 e. The predicted molar refractivity (Wildman–Crippen MR) is 64.1 cm³/mol. The summed E-state index contributed by atoms with van der Waals surface area (Å²) in [6.07, 6.45) is 6.86. The van der Waals surface area contributed by atoms with Crippen molar-refractivity contribution in [1.82, 2.24) is 14.8 Å². The van der Waals surface area contributed by atoms with Gasteiger partial charge in [-0.05, 0) is 18.9 Å². The molecule has 84 valence electrons. The second kappa shape index (κ2) is 3.47. The molecule has 2 heterocycles. The number of rotatable bonds is 1. The average molecular weight is 216 g/mol. The molecular weight excluding hydrogens is 200 g/mol. The molecule has 16 heavy (non-hydrogen) atoms. The Morgan fingerprint density at radius 3 is 2.88 bits per heavy atom. The largest absolute Gasteiger partial charge is 0.397 e. The Hall–Kier alpha value is -1.58. The van der Waals surface area contributed by atoms with Crippen LogP contribution < -0.4 is 5.73 Å². The second-order valence-corrected chi connectivity index (χ2v) is 4.63. The number of nitrogens with two attached hydrogens (primary N) is 1. The Kier molecular flexibility index (Phi) is 2.09. The van der Waals surface area contributed by atoms with Gasteiger partial charge in [-0.1, -0.05) is 12.8 Å². The van der Waals surface area contributed by atoms with Crippen LogP contribution in [0.1, 0.15) is 37.3 Å². The Bertz CT molecular complexity index is 523. The highest BCUT2D eigenvalue weighted by Crippen LogP contribution is 2.37. The Labute approximate surface area is 94.5 Å². The van der Waals surface area contributed by atoms with Crippen molar-refractivity contribution in [2.75, 3.05) is 5.73 Å². The lowest BCUT2D eigenvalue weighted by Crippen LogP contribution is -2.02. The predicted octanol–water partition coefficient (Wildman–Crippen LogP) is 2.21. The van der Waals surface area contributed by atoms with Crippen LogP contribution in [0.15, 0.2) is 12.3 Å². The molecule has 1 fully saturated rings. The van der Waals surface area contributed by atoms with Gasteiger partial charge in [0.15, 0.2) is 5.65 Å². The summed E-state index contributed by atoms with van der Waals surface area (Å²) in [4.78, 5) is 4.28. The summed E-state index contributed by atoms with van der Waals surface area (Å²) in [6, 6.07) is 2.00. The zero-order valence-corrected chi connectivity index (χ0v) is 9.48. The van der Waals surface area contributed by atoms with Crippen LogP contribution in [0.2, 0.25) is 0 Å². The highest BCUT2D eigenvalue weighted by molar-refractivity contribution is 5.81.